The molecule has 0 radical (unpaired) electrons. The van der Waals surface area contributed by atoms with Crippen molar-refractivity contribution >= 4 is 5.91 Å². The van der Waals surface area contributed by atoms with Crippen molar-refractivity contribution < 1.29 is 4.79 Å². The predicted octanol–water partition coefficient (Wildman–Crippen LogP) is 0.368. The van der Waals surface area contributed by atoms with Crippen molar-refractivity contribution in [3.05, 3.63) is 0 Å². The van der Waals surface area contributed by atoms with Gasteiger partial charge in [0.2, 0.25) is 5.91 Å². The summed E-state index contributed by atoms with van der Waals surface area (Å²) >= 11 is 0. The molecular formula is C9H18N2O. The maximum Gasteiger partial charge on any atom is 0.224 e. The summed E-state index contributed by atoms with van der Waals surface area (Å²) in [6.45, 7) is 7.03. The molecule has 1 atom stereocenters. The number of nitrogens with one attached hydrogen (secondary N) is 2. The van der Waals surface area contributed by atoms with Gasteiger partial charge in [0.05, 0.1) is 5.92 Å². The van der Waals surface area contributed by atoms with Crippen LogP contribution in [0.4, 0.5) is 0 Å². The fourth-order valence-corrected chi connectivity index (χ4v) is 1.39. The van der Waals surface area contributed by atoms with Crippen molar-refractivity contribution in [3.63, 3.8) is 0 Å². The molecule has 70 valence electrons. The summed E-state index contributed by atoms with van der Waals surface area (Å²) in [5.41, 5.74) is 0. The molecule has 2 N–H and O–H groups in total. The van der Waals surface area contributed by atoms with Crippen LogP contribution in [0.1, 0.15) is 20.3 Å². The zero-order chi connectivity index (χ0) is 8.97. The van der Waals surface area contributed by atoms with Gasteiger partial charge in [-0.05, 0) is 18.9 Å². The minimum atomic E-state index is 0.212. The first-order valence-electron chi connectivity index (χ1n) is 4.68. The summed E-state index contributed by atoms with van der Waals surface area (Å²) < 4.78 is 0. The van der Waals surface area contributed by atoms with Crippen LogP contribution in [-0.4, -0.2) is 25.5 Å². The van der Waals surface area contributed by atoms with Gasteiger partial charge in [0.15, 0.2) is 0 Å². The van der Waals surface area contributed by atoms with Crippen LogP contribution in [0.2, 0.25) is 0 Å². The Labute approximate surface area is 73.9 Å². The van der Waals surface area contributed by atoms with E-state index in [-0.39, 0.29) is 11.8 Å². The van der Waals surface area contributed by atoms with Gasteiger partial charge in [-0.1, -0.05) is 13.8 Å². The SMILES string of the molecule is CC(C)CNCC1CCNC1=O. The molecule has 1 heterocycles. The number of hydrogen-bond acceptors (Lipinski definition) is 2. The second kappa shape index (κ2) is 4.45. The van der Waals surface area contributed by atoms with Crippen LogP contribution < -0.4 is 10.6 Å². The Morgan fingerprint density at radius 2 is 2.42 bits per heavy atom. The normalized spacial score (nSPS) is 23.2. The van der Waals surface area contributed by atoms with Crippen LogP contribution in [0.5, 0.6) is 0 Å². The lowest BCUT2D eigenvalue weighted by Gasteiger charge is -2.10. The summed E-state index contributed by atoms with van der Waals surface area (Å²) in [7, 11) is 0. The van der Waals surface area contributed by atoms with Crippen LogP contribution in [0.3, 0.4) is 0 Å². The molecule has 0 aliphatic carbocycles. The molecule has 0 bridgehead atoms. The third-order valence-electron chi connectivity index (χ3n) is 2.11. The number of rotatable bonds is 4. The van der Waals surface area contributed by atoms with Gasteiger partial charge in [-0.25, -0.2) is 0 Å². The molecule has 0 aromatic carbocycles. The van der Waals surface area contributed by atoms with E-state index in [1.165, 1.54) is 0 Å². The highest BCUT2D eigenvalue weighted by Gasteiger charge is 2.22. The standard InChI is InChI=1S/C9H18N2O/c1-7(2)5-10-6-8-3-4-11-9(8)12/h7-8,10H,3-6H2,1-2H3,(H,11,12). The highest BCUT2D eigenvalue weighted by Crippen LogP contribution is 2.07. The minimum absolute atomic E-state index is 0.212. The van der Waals surface area contributed by atoms with Gasteiger partial charge >= 0.3 is 0 Å². The Morgan fingerprint density at radius 3 is 2.92 bits per heavy atom. The molecule has 1 amide bonds. The molecule has 3 nitrogen and oxygen atoms in total. The average molecular weight is 170 g/mol. The first-order chi connectivity index (χ1) is 5.70. The lowest BCUT2D eigenvalue weighted by molar-refractivity contribution is -0.122. The first kappa shape index (κ1) is 9.52. The lowest BCUT2D eigenvalue weighted by Crippen LogP contribution is -2.30. The van der Waals surface area contributed by atoms with Gasteiger partial charge in [0.25, 0.3) is 0 Å². The molecule has 12 heavy (non-hydrogen) atoms. The second-order valence-corrected chi connectivity index (χ2v) is 3.83. The van der Waals surface area contributed by atoms with Crippen molar-refractivity contribution in [2.24, 2.45) is 11.8 Å². The molecule has 1 unspecified atom stereocenters. The number of carbonyl (C=O) groups excluding carboxylic acids is 1. The van der Waals surface area contributed by atoms with Crippen molar-refractivity contribution in [1.82, 2.24) is 10.6 Å². The molecule has 1 rings (SSSR count). The van der Waals surface area contributed by atoms with Crippen LogP contribution in [0.15, 0.2) is 0 Å². The molecule has 1 fully saturated rings. The van der Waals surface area contributed by atoms with E-state index in [0.717, 1.165) is 26.1 Å². The van der Waals surface area contributed by atoms with Crippen LogP contribution >= 0.6 is 0 Å². The van der Waals surface area contributed by atoms with Crippen molar-refractivity contribution in [2.45, 2.75) is 20.3 Å². The van der Waals surface area contributed by atoms with Gasteiger partial charge in [0.1, 0.15) is 0 Å². The van der Waals surface area contributed by atoms with E-state index in [1.54, 1.807) is 0 Å². The molecule has 1 saturated heterocycles. The zero-order valence-electron chi connectivity index (χ0n) is 7.89. The molecule has 3 heteroatoms. The van der Waals surface area contributed by atoms with Crippen LogP contribution in [-0.2, 0) is 4.79 Å². The van der Waals surface area contributed by atoms with E-state index in [9.17, 15) is 4.79 Å². The molecule has 1 aliphatic rings. The Kier molecular flexibility index (Phi) is 3.53. The third kappa shape index (κ3) is 2.81. The maximum atomic E-state index is 11.1. The fourth-order valence-electron chi connectivity index (χ4n) is 1.39. The maximum absolute atomic E-state index is 11.1. The summed E-state index contributed by atoms with van der Waals surface area (Å²) in [5.74, 6) is 1.09. The van der Waals surface area contributed by atoms with Crippen LogP contribution in [0, 0.1) is 11.8 Å². The van der Waals surface area contributed by atoms with E-state index < -0.39 is 0 Å². The third-order valence-corrected chi connectivity index (χ3v) is 2.11. The van der Waals surface area contributed by atoms with Gasteiger partial charge in [-0.3, -0.25) is 4.79 Å². The summed E-state index contributed by atoms with van der Waals surface area (Å²) in [5, 5.41) is 6.13. The molecule has 1 aliphatic heterocycles. The van der Waals surface area contributed by atoms with Gasteiger partial charge in [-0.15, -0.1) is 0 Å². The molecule has 0 spiro atoms. The van der Waals surface area contributed by atoms with E-state index in [1.807, 2.05) is 0 Å². The van der Waals surface area contributed by atoms with E-state index in [0.29, 0.717) is 5.92 Å². The summed E-state index contributed by atoms with van der Waals surface area (Å²) in [6.07, 6.45) is 0.990. The number of carbonyl (C=O) groups is 1. The molecule has 0 aromatic rings. The Hall–Kier alpha value is -0.570. The highest BCUT2D eigenvalue weighted by atomic mass is 16.2. The Morgan fingerprint density at radius 1 is 1.67 bits per heavy atom. The van der Waals surface area contributed by atoms with Crippen molar-refractivity contribution in [1.29, 1.82) is 0 Å². The fraction of sp³-hybridized carbons (Fsp3) is 0.889. The van der Waals surface area contributed by atoms with Crippen molar-refractivity contribution in [3.8, 4) is 0 Å². The predicted molar refractivity (Wildman–Crippen MR) is 48.8 cm³/mol. The first-order valence-corrected chi connectivity index (χ1v) is 4.68. The minimum Gasteiger partial charge on any atom is -0.356 e. The highest BCUT2D eigenvalue weighted by molar-refractivity contribution is 5.80. The number of hydrogen-bond donors (Lipinski definition) is 2. The second-order valence-electron chi connectivity index (χ2n) is 3.83. The van der Waals surface area contributed by atoms with Gasteiger partial charge < -0.3 is 10.6 Å². The molecule has 0 aromatic heterocycles. The monoisotopic (exact) mass is 170 g/mol. The topological polar surface area (TPSA) is 41.1 Å². The van der Waals surface area contributed by atoms with Crippen LogP contribution in [0.25, 0.3) is 0 Å². The quantitative estimate of drug-likeness (QED) is 0.640. The zero-order valence-corrected chi connectivity index (χ0v) is 7.89. The van der Waals surface area contributed by atoms with E-state index >= 15 is 0 Å². The number of amides is 1. The Balaban J connectivity index is 2.10. The van der Waals surface area contributed by atoms with Crippen molar-refractivity contribution in [2.75, 3.05) is 19.6 Å². The van der Waals surface area contributed by atoms with E-state index in [4.69, 9.17) is 0 Å². The average Bonchev–Trinajstić information content (AvgIpc) is 2.36. The van der Waals surface area contributed by atoms with Gasteiger partial charge in [-0.2, -0.15) is 0 Å². The van der Waals surface area contributed by atoms with Gasteiger partial charge in [0, 0.05) is 13.1 Å². The van der Waals surface area contributed by atoms with E-state index in [2.05, 4.69) is 24.5 Å². The molecular weight excluding hydrogens is 152 g/mol. The Bertz CT molecular complexity index is 157. The lowest BCUT2D eigenvalue weighted by atomic mass is 10.1. The smallest absolute Gasteiger partial charge is 0.224 e. The molecule has 0 saturated carbocycles. The largest absolute Gasteiger partial charge is 0.356 e. The summed E-state index contributed by atoms with van der Waals surface area (Å²) in [6, 6.07) is 0. The summed E-state index contributed by atoms with van der Waals surface area (Å²) in [4.78, 5) is 11.1.